The maximum atomic E-state index is 12.8. The number of carbonyl (C=O) groups excluding carboxylic acids is 1. The Kier molecular flexibility index (Phi) is 3.86. The van der Waals surface area contributed by atoms with E-state index in [-0.39, 0.29) is 12.6 Å². The maximum absolute atomic E-state index is 12.8. The lowest BCUT2D eigenvalue weighted by molar-refractivity contribution is -0.0357. The van der Waals surface area contributed by atoms with Gasteiger partial charge in [-0.3, -0.25) is 0 Å². The smallest absolute Gasteiger partial charge is 0.339 e. The van der Waals surface area contributed by atoms with Gasteiger partial charge in [0, 0.05) is 18.2 Å². The van der Waals surface area contributed by atoms with Crippen LogP contribution in [0.5, 0.6) is 0 Å². The van der Waals surface area contributed by atoms with Gasteiger partial charge in [0.2, 0.25) is 0 Å². The summed E-state index contributed by atoms with van der Waals surface area (Å²) < 4.78 is 11.6. The average molecular weight is 330 g/mol. The summed E-state index contributed by atoms with van der Waals surface area (Å²) in [6.45, 7) is 0.263. The molecular weight excluding hydrogens is 312 g/mol. The van der Waals surface area contributed by atoms with Crippen LogP contribution in [0.15, 0.2) is 78.9 Å². The van der Waals surface area contributed by atoms with E-state index in [1.165, 1.54) is 0 Å². The van der Waals surface area contributed by atoms with Crippen LogP contribution in [-0.4, -0.2) is 19.7 Å². The molecule has 0 amide bonds. The van der Waals surface area contributed by atoms with Crippen LogP contribution in [-0.2, 0) is 15.1 Å². The van der Waals surface area contributed by atoms with Crippen LogP contribution in [0.25, 0.3) is 11.1 Å². The van der Waals surface area contributed by atoms with Gasteiger partial charge in [-0.1, -0.05) is 66.7 Å². The number of rotatable bonds is 4. The van der Waals surface area contributed by atoms with E-state index in [0.717, 1.165) is 22.3 Å². The molecule has 0 fully saturated rings. The maximum Gasteiger partial charge on any atom is 0.339 e. The van der Waals surface area contributed by atoms with Gasteiger partial charge in [0.1, 0.15) is 0 Å². The van der Waals surface area contributed by atoms with Gasteiger partial charge in [-0.15, -0.1) is 0 Å². The van der Waals surface area contributed by atoms with Crippen molar-refractivity contribution in [3.8, 4) is 11.1 Å². The standard InChI is InChI=1S/C22H18O3/c1-24-15-22(25-21(23)16-9-3-2-4-10-16)19-13-7-5-11-17(19)18-12-6-8-14-20(18)22/h2-14H,15H2,1H3. The number of carbonyl (C=O) groups is 1. The fourth-order valence-corrected chi connectivity index (χ4v) is 3.57. The second-order valence-corrected chi connectivity index (χ2v) is 6.11. The molecule has 3 aromatic carbocycles. The van der Waals surface area contributed by atoms with Gasteiger partial charge in [0.05, 0.1) is 12.2 Å². The number of benzene rings is 3. The summed E-state index contributed by atoms with van der Waals surface area (Å²) in [5.74, 6) is -0.357. The third-order valence-corrected chi connectivity index (χ3v) is 4.64. The molecule has 0 radical (unpaired) electrons. The Labute approximate surface area is 146 Å². The molecule has 0 bridgehead atoms. The van der Waals surface area contributed by atoms with Crippen LogP contribution in [0, 0.1) is 0 Å². The van der Waals surface area contributed by atoms with E-state index in [9.17, 15) is 4.79 Å². The first kappa shape index (κ1) is 15.6. The van der Waals surface area contributed by atoms with Crippen molar-refractivity contribution in [1.82, 2.24) is 0 Å². The zero-order chi connectivity index (χ0) is 17.3. The van der Waals surface area contributed by atoms with Crippen molar-refractivity contribution in [2.45, 2.75) is 5.60 Å². The summed E-state index contributed by atoms with van der Waals surface area (Å²) in [5, 5.41) is 0. The molecule has 4 rings (SSSR count). The van der Waals surface area contributed by atoms with Crippen molar-refractivity contribution >= 4 is 5.97 Å². The van der Waals surface area contributed by atoms with E-state index in [1.807, 2.05) is 54.6 Å². The van der Waals surface area contributed by atoms with Gasteiger partial charge >= 0.3 is 5.97 Å². The predicted octanol–water partition coefficient (Wildman–Crippen LogP) is 4.41. The van der Waals surface area contributed by atoms with E-state index >= 15 is 0 Å². The first-order valence-corrected chi connectivity index (χ1v) is 8.23. The van der Waals surface area contributed by atoms with Gasteiger partial charge < -0.3 is 9.47 Å². The molecule has 0 atom stereocenters. The van der Waals surface area contributed by atoms with Gasteiger partial charge in [0.15, 0.2) is 5.60 Å². The Morgan fingerprint density at radius 1 is 0.800 bits per heavy atom. The minimum Gasteiger partial charge on any atom is -0.443 e. The second kappa shape index (κ2) is 6.19. The highest BCUT2D eigenvalue weighted by Crippen LogP contribution is 2.49. The molecule has 0 spiro atoms. The molecule has 0 N–H and O–H groups in total. The number of esters is 1. The zero-order valence-corrected chi connectivity index (χ0v) is 13.9. The van der Waals surface area contributed by atoms with Gasteiger partial charge in [-0.05, 0) is 23.3 Å². The summed E-state index contributed by atoms with van der Waals surface area (Å²) in [7, 11) is 1.63. The van der Waals surface area contributed by atoms with Gasteiger partial charge in [-0.2, -0.15) is 0 Å². The normalized spacial score (nSPS) is 13.8. The first-order valence-electron chi connectivity index (χ1n) is 8.23. The molecule has 3 heteroatoms. The molecule has 124 valence electrons. The van der Waals surface area contributed by atoms with Crippen molar-refractivity contribution in [1.29, 1.82) is 0 Å². The summed E-state index contributed by atoms with van der Waals surface area (Å²) in [4.78, 5) is 12.8. The molecule has 0 heterocycles. The van der Waals surface area contributed by atoms with Crippen LogP contribution in [0.3, 0.4) is 0 Å². The van der Waals surface area contributed by atoms with Crippen LogP contribution in [0.1, 0.15) is 21.5 Å². The number of ether oxygens (including phenoxy) is 2. The van der Waals surface area contributed by atoms with Gasteiger partial charge in [-0.25, -0.2) is 4.79 Å². The van der Waals surface area contributed by atoms with Gasteiger partial charge in [0.25, 0.3) is 0 Å². The average Bonchev–Trinajstić information content (AvgIpc) is 2.94. The lowest BCUT2D eigenvalue weighted by atomic mass is 9.91. The van der Waals surface area contributed by atoms with E-state index < -0.39 is 5.60 Å². The van der Waals surface area contributed by atoms with Crippen molar-refractivity contribution in [2.75, 3.05) is 13.7 Å². The number of hydrogen-bond acceptors (Lipinski definition) is 3. The molecule has 0 saturated heterocycles. The lowest BCUT2D eigenvalue weighted by Gasteiger charge is -2.31. The zero-order valence-electron chi connectivity index (χ0n) is 13.9. The predicted molar refractivity (Wildman–Crippen MR) is 96.4 cm³/mol. The Hall–Kier alpha value is -2.91. The molecule has 0 aliphatic heterocycles. The third kappa shape index (κ3) is 2.44. The quantitative estimate of drug-likeness (QED) is 0.665. The molecule has 25 heavy (non-hydrogen) atoms. The molecule has 0 aromatic heterocycles. The van der Waals surface area contributed by atoms with Crippen LogP contribution < -0.4 is 0 Å². The first-order chi connectivity index (χ1) is 12.3. The topological polar surface area (TPSA) is 35.5 Å². The van der Waals surface area contributed by atoms with E-state index in [2.05, 4.69) is 12.1 Å². The van der Waals surface area contributed by atoms with Crippen molar-refractivity contribution in [3.63, 3.8) is 0 Å². The third-order valence-electron chi connectivity index (χ3n) is 4.64. The summed E-state index contributed by atoms with van der Waals surface area (Å²) in [6, 6.07) is 25.1. The summed E-state index contributed by atoms with van der Waals surface area (Å²) in [6.07, 6.45) is 0. The molecule has 0 saturated carbocycles. The Morgan fingerprint density at radius 2 is 1.32 bits per heavy atom. The fraction of sp³-hybridized carbons (Fsp3) is 0.136. The second-order valence-electron chi connectivity index (χ2n) is 6.11. The van der Waals surface area contributed by atoms with Crippen molar-refractivity contribution in [2.24, 2.45) is 0 Å². The van der Waals surface area contributed by atoms with Crippen molar-refractivity contribution < 1.29 is 14.3 Å². The molecule has 1 aliphatic rings. The lowest BCUT2D eigenvalue weighted by Crippen LogP contribution is -2.36. The highest BCUT2D eigenvalue weighted by Gasteiger charge is 2.46. The van der Waals surface area contributed by atoms with E-state index in [0.29, 0.717) is 5.56 Å². The Balaban J connectivity index is 1.87. The van der Waals surface area contributed by atoms with Crippen LogP contribution >= 0.6 is 0 Å². The number of methoxy groups -OCH3 is 1. The molecule has 3 nitrogen and oxygen atoms in total. The molecular formula is C22H18O3. The largest absolute Gasteiger partial charge is 0.443 e. The number of fused-ring (bicyclic) bond motifs is 3. The molecule has 1 aliphatic carbocycles. The number of hydrogen-bond donors (Lipinski definition) is 0. The van der Waals surface area contributed by atoms with Crippen LogP contribution in [0.2, 0.25) is 0 Å². The summed E-state index contributed by atoms with van der Waals surface area (Å²) in [5.41, 5.74) is 3.67. The van der Waals surface area contributed by atoms with Crippen LogP contribution in [0.4, 0.5) is 0 Å². The molecule has 3 aromatic rings. The fourth-order valence-electron chi connectivity index (χ4n) is 3.57. The SMILES string of the molecule is COCC1(OC(=O)c2ccccc2)c2ccccc2-c2ccccc21. The monoisotopic (exact) mass is 330 g/mol. The van der Waals surface area contributed by atoms with E-state index in [1.54, 1.807) is 19.2 Å². The minimum atomic E-state index is -0.936. The van der Waals surface area contributed by atoms with E-state index in [4.69, 9.17) is 9.47 Å². The summed E-state index contributed by atoms with van der Waals surface area (Å²) >= 11 is 0. The molecule has 0 unspecified atom stereocenters. The van der Waals surface area contributed by atoms with Crippen molar-refractivity contribution in [3.05, 3.63) is 95.6 Å². The minimum absolute atomic E-state index is 0.263. The Bertz CT molecular complexity index is 870. The highest BCUT2D eigenvalue weighted by molar-refractivity contribution is 5.91. The Morgan fingerprint density at radius 3 is 1.88 bits per heavy atom. The highest BCUT2D eigenvalue weighted by atomic mass is 16.6.